The smallest absolute Gasteiger partial charge is 0.119 e. The molecule has 1 fully saturated rings. The highest BCUT2D eigenvalue weighted by Gasteiger charge is 2.49. The summed E-state index contributed by atoms with van der Waals surface area (Å²) >= 11 is 0. The van der Waals surface area contributed by atoms with E-state index in [-0.39, 0.29) is 16.9 Å². The van der Waals surface area contributed by atoms with Crippen molar-refractivity contribution in [3.8, 4) is 0 Å². The van der Waals surface area contributed by atoms with Crippen LogP contribution in [0, 0.1) is 10.8 Å². The standard InChI is InChI=1S/C15H26O3/c1-13(2)7-5-8-15(4)11(13)10-14(3,18-17)9-6-12(15)16/h10,12,16-17H,5-9H2,1-4H3/t12-,14-,15-/m1/s1. The van der Waals surface area contributed by atoms with Crippen LogP contribution in [-0.2, 0) is 4.89 Å². The summed E-state index contributed by atoms with van der Waals surface area (Å²) in [5.41, 5.74) is 0.488. The minimum Gasteiger partial charge on any atom is -0.392 e. The summed E-state index contributed by atoms with van der Waals surface area (Å²) in [6.07, 6.45) is 6.34. The van der Waals surface area contributed by atoms with Crippen LogP contribution < -0.4 is 0 Å². The van der Waals surface area contributed by atoms with Crippen LogP contribution in [0.1, 0.15) is 59.8 Å². The molecule has 2 N–H and O–H groups in total. The first-order valence-corrected chi connectivity index (χ1v) is 6.98. The molecule has 0 aliphatic heterocycles. The third-order valence-corrected chi connectivity index (χ3v) is 5.15. The molecular formula is C15H26O3. The van der Waals surface area contributed by atoms with E-state index in [1.54, 1.807) is 0 Å². The monoisotopic (exact) mass is 254 g/mol. The Hall–Kier alpha value is -0.380. The van der Waals surface area contributed by atoms with Gasteiger partial charge in [0, 0.05) is 5.41 Å². The summed E-state index contributed by atoms with van der Waals surface area (Å²) in [5.74, 6) is 0. The fourth-order valence-corrected chi connectivity index (χ4v) is 3.84. The molecule has 0 aromatic heterocycles. The van der Waals surface area contributed by atoms with Crippen molar-refractivity contribution in [3.05, 3.63) is 11.6 Å². The lowest BCUT2D eigenvalue weighted by Crippen LogP contribution is -2.42. The average molecular weight is 254 g/mol. The molecule has 0 amide bonds. The molecule has 2 rings (SSSR count). The molecular weight excluding hydrogens is 228 g/mol. The number of aliphatic hydroxyl groups excluding tert-OH is 1. The van der Waals surface area contributed by atoms with Crippen molar-refractivity contribution in [2.75, 3.05) is 0 Å². The van der Waals surface area contributed by atoms with Gasteiger partial charge >= 0.3 is 0 Å². The number of hydrogen-bond donors (Lipinski definition) is 2. The lowest BCUT2D eigenvalue weighted by molar-refractivity contribution is -0.304. The number of aliphatic hydroxyl groups is 1. The number of hydrogen-bond acceptors (Lipinski definition) is 3. The van der Waals surface area contributed by atoms with Crippen LogP contribution in [0.4, 0.5) is 0 Å². The quantitative estimate of drug-likeness (QED) is 0.427. The number of fused-ring (bicyclic) bond motifs is 1. The van der Waals surface area contributed by atoms with E-state index < -0.39 is 5.60 Å². The third kappa shape index (κ3) is 2.13. The highest BCUT2D eigenvalue weighted by atomic mass is 17.1. The zero-order chi connectivity index (χ0) is 13.6. The first-order valence-electron chi connectivity index (χ1n) is 6.98. The molecule has 0 saturated heterocycles. The molecule has 0 unspecified atom stereocenters. The minimum absolute atomic E-state index is 0.0676. The van der Waals surface area contributed by atoms with Gasteiger partial charge in [0.05, 0.1) is 6.10 Å². The summed E-state index contributed by atoms with van der Waals surface area (Å²) in [5, 5.41) is 19.7. The topological polar surface area (TPSA) is 49.7 Å². The zero-order valence-corrected chi connectivity index (χ0v) is 12.0. The van der Waals surface area contributed by atoms with Gasteiger partial charge in [0.1, 0.15) is 5.60 Å². The molecule has 104 valence electrons. The zero-order valence-electron chi connectivity index (χ0n) is 12.0. The Bertz CT molecular complexity index is 361. The van der Waals surface area contributed by atoms with E-state index in [0.717, 1.165) is 19.3 Å². The lowest BCUT2D eigenvalue weighted by atomic mass is 9.58. The van der Waals surface area contributed by atoms with Crippen LogP contribution in [0.3, 0.4) is 0 Å². The molecule has 0 bridgehead atoms. The largest absolute Gasteiger partial charge is 0.392 e. The van der Waals surface area contributed by atoms with Crippen molar-refractivity contribution in [2.45, 2.75) is 71.5 Å². The van der Waals surface area contributed by atoms with Gasteiger partial charge in [-0.3, -0.25) is 5.26 Å². The highest BCUT2D eigenvalue weighted by Crippen LogP contribution is 2.55. The van der Waals surface area contributed by atoms with Gasteiger partial charge < -0.3 is 5.11 Å². The Morgan fingerprint density at radius 2 is 1.83 bits per heavy atom. The highest BCUT2D eigenvalue weighted by molar-refractivity contribution is 5.29. The molecule has 1 saturated carbocycles. The average Bonchev–Trinajstić information content (AvgIpc) is 2.40. The molecule has 3 heteroatoms. The second kappa shape index (κ2) is 4.32. The van der Waals surface area contributed by atoms with Crippen molar-refractivity contribution in [1.29, 1.82) is 0 Å². The van der Waals surface area contributed by atoms with Crippen LogP contribution in [0.15, 0.2) is 11.6 Å². The summed E-state index contributed by atoms with van der Waals surface area (Å²) < 4.78 is 0. The van der Waals surface area contributed by atoms with E-state index in [1.165, 1.54) is 5.57 Å². The summed E-state index contributed by atoms with van der Waals surface area (Å²) in [7, 11) is 0. The van der Waals surface area contributed by atoms with E-state index in [1.807, 2.05) is 6.92 Å². The molecule has 2 aliphatic carbocycles. The van der Waals surface area contributed by atoms with Gasteiger partial charge in [-0.1, -0.05) is 32.8 Å². The Morgan fingerprint density at radius 3 is 2.44 bits per heavy atom. The minimum atomic E-state index is -0.664. The predicted molar refractivity (Wildman–Crippen MR) is 71.2 cm³/mol. The molecule has 0 heterocycles. The molecule has 0 spiro atoms. The van der Waals surface area contributed by atoms with Crippen molar-refractivity contribution in [3.63, 3.8) is 0 Å². The van der Waals surface area contributed by atoms with Crippen molar-refractivity contribution in [1.82, 2.24) is 0 Å². The second-order valence-electron chi connectivity index (χ2n) is 7.17. The Labute approximate surface area is 110 Å². The Balaban J connectivity index is 2.52. The predicted octanol–water partition coefficient (Wildman–Crippen LogP) is 3.53. The van der Waals surface area contributed by atoms with Gasteiger partial charge in [-0.25, -0.2) is 4.89 Å². The van der Waals surface area contributed by atoms with Gasteiger partial charge in [-0.2, -0.15) is 0 Å². The number of rotatable bonds is 1. The van der Waals surface area contributed by atoms with Crippen molar-refractivity contribution < 1.29 is 15.3 Å². The maximum Gasteiger partial charge on any atom is 0.119 e. The maximum absolute atomic E-state index is 10.5. The van der Waals surface area contributed by atoms with E-state index >= 15 is 0 Å². The molecule has 0 aromatic rings. The normalized spacial score (nSPS) is 43.9. The van der Waals surface area contributed by atoms with Gasteiger partial charge in [0.2, 0.25) is 0 Å². The van der Waals surface area contributed by atoms with E-state index in [4.69, 9.17) is 4.89 Å². The third-order valence-electron chi connectivity index (χ3n) is 5.15. The van der Waals surface area contributed by atoms with Crippen molar-refractivity contribution >= 4 is 0 Å². The van der Waals surface area contributed by atoms with Crippen LogP contribution in [-0.4, -0.2) is 22.1 Å². The maximum atomic E-state index is 10.5. The molecule has 2 aliphatic rings. The van der Waals surface area contributed by atoms with E-state index in [0.29, 0.717) is 12.8 Å². The summed E-state index contributed by atoms with van der Waals surface area (Å²) in [6.45, 7) is 8.51. The molecule has 3 nitrogen and oxygen atoms in total. The molecule has 3 atom stereocenters. The van der Waals surface area contributed by atoms with E-state index in [9.17, 15) is 10.4 Å². The van der Waals surface area contributed by atoms with Crippen molar-refractivity contribution in [2.24, 2.45) is 10.8 Å². The van der Waals surface area contributed by atoms with Gasteiger partial charge in [-0.15, -0.1) is 0 Å². The first-order chi connectivity index (χ1) is 8.23. The van der Waals surface area contributed by atoms with Crippen LogP contribution in [0.5, 0.6) is 0 Å². The molecule has 0 radical (unpaired) electrons. The van der Waals surface area contributed by atoms with Crippen LogP contribution in [0.2, 0.25) is 0 Å². The SMILES string of the molecule is CC1(C)CCC[C@]2(C)C1=C[C@](C)(OO)CC[C@H]2O. The van der Waals surface area contributed by atoms with Gasteiger partial charge in [0.15, 0.2) is 0 Å². The van der Waals surface area contributed by atoms with Gasteiger partial charge in [0.25, 0.3) is 0 Å². The van der Waals surface area contributed by atoms with Crippen LogP contribution in [0.25, 0.3) is 0 Å². The molecule has 18 heavy (non-hydrogen) atoms. The fourth-order valence-electron chi connectivity index (χ4n) is 3.84. The fraction of sp³-hybridized carbons (Fsp3) is 0.867. The van der Waals surface area contributed by atoms with E-state index in [2.05, 4.69) is 26.8 Å². The second-order valence-corrected chi connectivity index (χ2v) is 7.17. The Kier molecular flexibility index (Phi) is 3.37. The van der Waals surface area contributed by atoms with Crippen LogP contribution >= 0.6 is 0 Å². The summed E-state index contributed by atoms with van der Waals surface area (Å²) in [6, 6.07) is 0. The first kappa shape index (κ1) is 14.0. The summed E-state index contributed by atoms with van der Waals surface area (Å²) in [4.78, 5) is 4.71. The van der Waals surface area contributed by atoms with Gasteiger partial charge in [-0.05, 0) is 44.1 Å². The Morgan fingerprint density at radius 1 is 1.17 bits per heavy atom. The molecule has 0 aromatic carbocycles. The lowest BCUT2D eigenvalue weighted by Gasteiger charge is -2.48.